The Kier molecular flexibility index (Phi) is 23.0. The van der Waals surface area contributed by atoms with Gasteiger partial charge in [0, 0.05) is 0 Å². The summed E-state index contributed by atoms with van der Waals surface area (Å²) in [6.45, 7) is 6.18. The molecule has 0 aliphatic carbocycles. The Bertz CT molecular complexity index is 174. The molecule has 0 aliphatic rings. The van der Waals surface area contributed by atoms with E-state index in [1.54, 1.807) is 0 Å². The van der Waals surface area contributed by atoms with Crippen LogP contribution >= 0.6 is 0 Å². The van der Waals surface area contributed by atoms with Crippen molar-refractivity contribution >= 4 is 0 Å². The molecule has 0 nitrogen and oxygen atoms in total. The average molecular weight is 337 g/mol. The van der Waals surface area contributed by atoms with E-state index in [2.05, 4.69) is 20.3 Å². The fraction of sp³-hybridized carbons (Fsp3) is 0.917. The van der Waals surface area contributed by atoms with Gasteiger partial charge in [0.15, 0.2) is 0 Å². The fourth-order valence-electron chi connectivity index (χ4n) is 3.45. The van der Waals surface area contributed by atoms with Crippen molar-refractivity contribution in [2.75, 3.05) is 0 Å². The van der Waals surface area contributed by atoms with E-state index in [1.807, 2.05) is 0 Å². The van der Waals surface area contributed by atoms with Crippen molar-refractivity contribution in [3.8, 4) is 0 Å². The zero-order valence-corrected chi connectivity index (χ0v) is 17.1. The first-order valence-corrected chi connectivity index (χ1v) is 11.5. The molecule has 0 aromatic heterocycles. The third kappa shape index (κ3) is 22.0. The normalized spacial score (nSPS) is 11.2. The Hall–Kier alpha value is 0. The molecule has 0 N–H and O–H groups in total. The molecule has 0 heteroatoms. The summed E-state index contributed by atoms with van der Waals surface area (Å²) >= 11 is 0. The van der Waals surface area contributed by atoms with E-state index in [-0.39, 0.29) is 0 Å². The van der Waals surface area contributed by atoms with Crippen molar-refractivity contribution < 1.29 is 0 Å². The van der Waals surface area contributed by atoms with E-state index in [0.29, 0.717) is 0 Å². The Balaban J connectivity index is 2.93. The molecule has 0 unspecified atom stereocenters. The molecule has 0 saturated carbocycles. The summed E-state index contributed by atoms with van der Waals surface area (Å²) in [4.78, 5) is 0. The van der Waals surface area contributed by atoms with Crippen LogP contribution in [0, 0.1) is 13.3 Å². The van der Waals surface area contributed by atoms with E-state index in [4.69, 9.17) is 0 Å². The van der Waals surface area contributed by atoms with Crippen LogP contribution in [0.15, 0.2) is 0 Å². The molecular weight excluding hydrogens is 288 g/mol. The third-order valence-corrected chi connectivity index (χ3v) is 5.17. The van der Waals surface area contributed by atoms with Gasteiger partial charge in [-0.2, -0.15) is 0 Å². The van der Waals surface area contributed by atoms with Gasteiger partial charge in [-0.05, 0) is 6.42 Å². The van der Waals surface area contributed by atoms with Crippen molar-refractivity contribution in [3.63, 3.8) is 0 Å². The first kappa shape index (κ1) is 24.0. The molecule has 0 fully saturated rings. The lowest BCUT2D eigenvalue weighted by atomic mass is 10.0. The summed E-state index contributed by atoms with van der Waals surface area (Å²) in [6, 6.07) is 0. The molecule has 0 aromatic carbocycles. The monoisotopic (exact) mass is 336 g/mol. The Morgan fingerprint density at radius 2 is 0.792 bits per heavy atom. The second-order valence-electron chi connectivity index (χ2n) is 7.73. The Morgan fingerprint density at radius 1 is 0.458 bits per heavy atom. The van der Waals surface area contributed by atoms with Crippen molar-refractivity contribution in [2.24, 2.45) is 0 Å². The smallest absolute Gasteiger partial charge is 0.0386 e. The van der Waals surface area contributed by atoms with Gasteiger partial charge in [-0.1, -0.05) is 149 Å². The van der Waals surface area contributed by atoms with E-state index in [0.717, 1.165) is 6.42 Å². The number of unbranched alkanes of at least 4 members (excludes halogenated alkanes) is 21. The van der Waals surface area contributed by atoms with Crippen LogP contribution in [0.1, 0.15) is 142 Å². The lowest BCUT2D eigenvalue weighted by molar-refractivity contribution is 0.526. The van der Waals surface area contributed by atoms with Crippen molar-refractivity contribution in [1.29, 1.82) is 0 Å². The largest absolute Gasteiger partial charge is 0.0654 e. The molecule has 0 atom stereocenters. The summed E-state index contributed by atoms with van der Waals surface area (Å²) < 4.78 is 0. The number of rotatable bonds is 21. The maximum Gasteiger partial charge on any atom is -0.0386 e. The summed E-state index contributed by atoms with van der Waals surface area (Å²) in [5.74, 6) is 0. The zero-order chi connectivity index (χ0) is 17.6. The van der Waals surface area contributed by atoms with Gasteiger partial charge in [0.1, 0.15) is 0 Å². The van der Waals surface area contributed by atoms with Crippen molar-refractivity contribution in [3.05, 3.63) is 13.3 Å². The van der Waals surface area contributed by atoms with Crippen molar-refractivity contribution in [1.82, 2.24) is 0 Å². The summed E-state index contributed by atoms with van der Waals surface area (Å²) in [5, 5.41) is 0. The zero-order valence-electron chi connectivity index (χ0n) is 17.1. The van der Waals surface area contributed by atoms with Crippen LogP contribution in [0.5, 0.6) is 0 Å². The van der Waals surface area contributed by atoms with Crippen LogP contribution in [0.3, 0.4) is 0 Å². The van der Waals surface area contributed by atoms with Crippen molar-refractivity contribution in [2.45, 2.75) is 142 Å². The molecule has 2 radical (unpaired) electrons. The summed E-state index contributed by atoms with van der Waals surface area (Å²) in [7, 11) is 0. The molecule has 0 rings (SSSR count). The second-order valence-corrected chi connectivity index (χ2v) is 7.73. The molecule has 0 saturated heterocycles. The predicted octanol–water partition coefficient (Wildman–Crippen LogP) is 9.24. The van der Waals surface area contributed by atoms with Gasteiger partial charge < -0.3 is 0 Å². The lowest BCUT2D eigenvalue weighted by Gasteiger charge is -2.04. The van der Waals surface area contributed by atoms with Crippen LogP contribution in [-0.4, -0.2) is 0 Å². The van der Waals surface area contributed by atoms with E-state index >= 15 is 0 Å². The lowest BCUT2D eigenvalue weighted by Crippen LogP contribution is -1.84. The summed E-state index contributed by atoms with van der Waals surface area (Å²) in [6.07, 6.45) is 32.3. The average Bonchev–Trinajstić information content (AvgIpc) is 2.60. The van der Waals surface area contributed by atoms with Gasteiger partial charge in [0.25, 0.3) is 0 Å². The highest BCUT2D eigenvalue weighted by Crippen LogP contribution is 2.14. The van der Waals surface area contributed by atoms with Gasteiger partial charge in [-0.15, -0.1) is 0 Å². The highest BCUT2D eigenvalue weighted by atomic mass is 14.0. The SMILES string of the molecule is [CH2]CCC[CH]CCCCCCCCCCCCCCCCCCC. The Labute approximate surface area is 155 Å². The highest BCUT2D eigenvalue weighted by Gasteiger charge is 1.95. The molecule has 0 spiro atoms. The topological polar surface area (TPSA) is 0 Å². The molecule has 144 valence electrons. The highest BCUT2D eigenvalue weighted by molar-refractivity contribution is 4.64. The van der Waals surface area contributed by atoms with Crippen LogP contribution < -0.4 is 0 Å². The standard InChI is InChI=1S/C24H48/c1-3-5-7-9-11-13-15-17-19-21-23-24-22-20-18-16-14-12-10-8-6-4-2/h9H,1,3-8,10-24H2,2H3. The quantitative estimate of drug-likeness (QED) is 0.183. The van der Waals surface area contributed by atoms with Gasteiger partial charge in [0.2, 0.25) is 0 Å². The molecule has 0 aliphatic heterocycles. The van der Waals surface area contributed by atoms with Crippen LogP contribution in [-0.2, 0) is 0 Å². The molecular formula is C24H48. The predicted molar refractivity (Wildman–Crippen MR) is 112 cm³/mol. The molecule has 0 heterocycles. The van der Waals surface area contributed by atoms with Crippen LogP contribution in [0.2, 0.25) is 0 Å². The first-order valence-electron chi connectivity index (χ1n) is 11.5. The second kappa shape index (κ2) is 23.0. The molecule has 0 aromatic rings. The summed E-state index contributed by atoms with van der Waals surface area (Å²) in [5.41, 5.74) is 0. The van der Waals surface area contributed by atoms with E-state index in [9.17, 15) is 0 Å². The number of hydrogen-bond donors (Lipinski definition) is 0. The van der Waals surface area contributed by atoms with Gasteiger partial charge >= 0.3 is 0 Å². The Morgan fingerprint density at radius 3 is 1.17 bits per heavy atom. The minimum absolute atomic E-state index is 1.09. The maximum absolute atomic E-state index is 3.89. The minimum atomic E-state index is 1.09. The minimum Gasteiger partial charge on any atom is -0.0654 e. The van der Waals surface area contributed by atoms with E-state index < -0.39 is 0 Å². The van der Waals surface area contributed by atoms with Gasteiger partial charge in [-0.25, -0.2) is 0 Å². The molecule has 0 amide bonds. The third-order valence-electron chi connectivity index (χ3n) is 5.17. The van der Waals surface area contributed by atoms with E-state index in [1.165, 1.54) is 128 Å². The van der Waals surface area contributed by atoms with Crippen LogP contribution in [0.4, 0.5) is 0 Å². The fourth-order valence-corrected chi connectivity index (χ4v) is 3.45. The van der Waals surface area contributed by atoms with Gasteiger partial charge in [-0.3, -0.25) is 0 Å². The maximum atomic E-state index is 3.89. The van der Waals surface area contributed by atoms with Crippen LogP contribution in [0.25, 0.3) is 0 Å². The van der Waals surface area contributed by atoms with Gasteiger partial charge in [0.05, 0.1) is 0 Å². The first-order chi connectivity index (χ1) is 11.9. The number of hydrogen-bond acceptors (Lipinski definition) is 0. The molecule has 24 heavy (non-hydrogen) atoms. The molecule has 0 bridgehead atoms.